The van der Waals surface area contributed by atoms with Crippen LogP contribution >= 0.6 is 0 Å². The van der Waals surface area contributed by atoms with E-state index in [9.17, 15) is 9.18 Å². The molecule has 1 aromatic carbocycles. The van der Waals surface area contributed by atoms with Gasteiger partial charge in [0.05, 0.1) is 11.4 Å². The number of rotatable bonds is 3. The van der Waals surface area contributed by atoms with Gasteiger partial charge in [0.15, 0.2) is 5.78 Å². The largest absolute Gasteiger partial charge is 0.485 e. The second-order valence-electron chi connectivity index (χ2n) is 3.62. The van der Waals surface area contributed by atoms with Gasteiger partial charge in [-0.15, -0.1) is 0 Å². The first-order valence-corrected chi connectivity index (χ1v) is 5.11. The molecule has 0 aliphatic carbocycles. The average molecular weight is 237 g/mol. The summed E-state index contributed by atoms with van der Waals surface area (Å²) in [6.45, 7) is 0.243. The lowest BCUT2D eigenvalue weighted by molar-refractivity contribution is -0.118. The van der Waals surface area contributed by atoms with Crippen molar-refractivity contribution in [1.29, 1.82) is 0 Å². The Kier molecular flexibility index (Phi) is 3.39. The molecule has 0 atom stereocenters. The summed E-state index contributed by atoms with van der Waals surface area (Å²) < 4.78 is 23.0. The molecule has 5 heteroatoms. The van der Waals surface area contributed by atoms with Crippen molar-refractivity contribution in [3.05, 3.63) is 35.8 Å². The Morgan fingerprint density at radius 3 is 3.24 bits per heavy atom. The van der Waals surface area contributed by atoms with E-state index in [-0.39, 0.29) is 24.8 Å². The maximum atomic E-state index is 12.9. The summed E-state index contributed by atoms with van der Waals surface area (Å²) in [4.78, 5) is 11.3. The van der Waals surface area contributed by atoms with Gasteiger partial charge in [-0.2, -0.15) is 0 Å². The van der Waals surface area contributed by atoms with Crippen molar-refractivity contribution in [2.24, 2.45) is 0 Å². The van der Waals surface area contributed by atoms with Gasteiger partial charge in [-0.25, -0.2) is 4.39 Å². The predicted octanol–water partition coefficient (Wildman–Crippen LogP) is 1.73. The molecule has 0 unspecified atom stereocenters. The van der Waals surface area contributed by atoms with Crippen molar-refractivity contribution in [1.82, 2.24) is 0 Å². The molecule has 0 fully saturated rings. The lowest BCUT2D eigenvalue weighted by Crippen LogP contribution is -2.18. The number of ketones is 1. The highest BCUT2D eigenvalue weighted by molar-refractivity contribution is 5.92. The monoisotopic (exact) mass is 237 g/mol. The van der Waals surface area contributed by atoms with Crippen LogP contribution < -0.4 is 10.1 Å². The van der Waals surface area contributed by atoms with E-state index in [2.05, 4.69) is 5.32 Å². The average Bonchev–Trinajstić information content (AvgIpc) is 2.29. The van der Waals surface area contributed by atoms with E-state index in [0.29, 0.717) is 17.1 Å². The summed E-state index contributed by atoms with van der Waals surface area (Å²) in [7, 11) is 1.46. The molecule has 0 radical (unpaired) electrons. The maximum Gasteiger partial charge on any atom is 0.183 e. The number of anilines is 1. The van der Waals surface area contributed by atoms with Gasteiger partial charge in [0.2, 0.25) is 0 Å². The Hall–Kier alpha value is -1.88. The molecule has 90 valence electrons. The van der Waals surface area contributed by atoms with Crippen molar-refractivity contribution in [2.45, 2.75) is 0 Å². The molecule has 0 spiro atoms. The highest BCUT2D eigenvalue weighted by Crippen LogP contribution is 2.30. The van der Waals surface area contributed by atoms with Gasteiger partial charge < -0.3 is 14.8 Å². The maximum absolute atomic E-state index is 12.9. The van der Waals surface area contributed by atoms with E-state index < -0.39 is 0 Å². The number of hydrogen-bond donors (Lipinski definition) is 1. The summed E-state index contributed by atoms with van der Waals surface area (Å²) in [6, 6.07) is 4.20. The molecule has 1 aliphatic heterocycles. The molecule has 1 aliphatic rings. The fraction of sp³-hybridized carbons (Fsp3) is 0.250. The number of benzene rings is 1. The molecule has 0 saturated heterocycles. The van der Waals surface area contributed by atoms with Gasteiger partial charge in [-0.1, -0.05) is 0 Å². The van der Waals surface area contributed by atoms with Crippen LogP contribution in [0.15, 0.2) is 30.0 Å². The first kappa shape index (κ1) is 11.6. The first-order chi connectivity index (χ1) is 8.19. The van der Waals surface area contributed by atoms with Crippen molar-refractivity contribution >= 4 is 11.5 Å². The molecule has 1 N–H and O–H groups in total. The van der Waals surface area contributed by atoms with Crippen LogP contribution in [0.5, 0.6) is 5.75 Å². The third-order valence-electron chi connectivity index (χ3n) is 2.24. The van der Waals surface area contributed by atoms with E-state index in [1.54, 1.807) is 6.07 Å². The Balaban J connectivity index is 2.13. The SMILES string of the molecule is COCC(=O)/C=C1\COc2cc(F)ccc2N1. The highest BCUT2D eigenvalue weighted by atomic mass is 19.1. The standard InChI is InChI=1S/C12H12FNO3/c1-16-7-10(15)5-9-6-17-12-4-8(13)2-3-11(12)14-9/h2-5,14H,6-7H2,1H3/b9-5+. The van der Waals surface area contributed by atoms with Gasteiger partial charge in [0, 0.05) is 19.3 Å². The quantitative estimate of drug-likeness (QED) is 0.813. The summed E-state index contributed by atoms with van der Waals surface area (Å²) in [5, 5.41) is 3.01. The van der Waals surface area contributed by atoms with E-state index in [1.807, 2.05) is 0 Å². The van der Waals surface area contributed by atoms with Gasteiger partial charge in [-0.05, 0) is 12.1 Å². The van der Waals surface area contributed by atoms with Crippen molar-refractivity contribution in [2.75, 3.05) is 25.6 Å². The van der Waals surface area contributed by atoms with Gasteiger partial charge in [-0.3, -0.25) is 4.79 Å². The molecule has 0 saturated carbocycles. The normalized spacial score (nSPS) is 16.0. The molecule has 0 aromatic heterocycles. The van der Waals surface area contributed by atoms with Crippen LogP contribution in [-0.2, 0) is 9.53 Å². The Labute approximate surface area is 98.0 Å². The van der Waals surface area contributed by atoms with Gasteiger partial charge >= 0.3 is 0 Å². The van der Waals surface area contributed by atoms with Gasteiger partial charge in [0.1, 0.15) is 24.8 Å². The second kappa shape index (κ2) is 4.97. The zero-order chi connectivity index (χ0) is 12.3. The molecule has 0 bridgehead atoms. The number of halogens is 1. The molecule has 4 nitrogen and oxygen atoms in total. The summed E-state index contributed by atoms with van der Waals surface area (Å²) in [6.07, 6.45) is 1.43. The molecule has 1 heterocycles. The third kappa shape index (κ3) is 2.82. The number of nitrogens with one attached hydrogen (secondary N) is 1. The van der Waals surface area contributed by atoms with Crippen LogP contribution in [0.4, 0.5) is 10.1 Å². The Morgan fingerprint density at radius 1 is 1.65 bits per heavy atom. The van der Waals surface area contributed by atoms with Crippen LogP contribution in [0.3, 0.4) is 0 Å². The van der Waals surface area contributed by atoms with Crippen molar-refractivity contribution in [3.63, 3.8) is 0 Å². The Bertz CT molecular complexity index is 471. The molecular formula is C12H12FNO3. The fourth-order valence-electron chi connectivity index (χ4n) is 1.54. The van der Waals surface area contributed by atoms with Crippen LogP contribution in [0, 0.1) is 5.82 Å². The lowest BCUT2D eigenvalue weighted by Gasteiger charge is -2.21. The second-order valence-corrected chi connectivity index (χ2v) is 3.62. The minimum Gasteiger partial charge on any atom is -0.485 e. The van der Waals surface area contributed by atoms with Crippen LogP contribution in [0.1, 0.15) is 0 Å². The topological polar surface area (TPSA) is 47.6 Å². The number of carbonyl (C=O) groups excluding carboxylic acids is 1. The number of fused-ring (bicyclic) bond motifs is 1. The fourth-order valence-corrected chi connectivity index (χ4v) is 1.54. The predicted molar refractivity (Wildman–Crippen MR) is 60.5 cm³/mol. The first-order valence-electron chi connectivity index (χ1n) is 5.11. The number of hydrogen-bond acceptors (Lipinski definition) is 4. The lowest BCUT2D eigenvalue weighted by atomic mass is 10.2. The minimum absolute atomic E-state index is 0.0292. The summed E-state index contributed by atoms with van der Waals surface area (Å²) >= 11 is 0. The van der Waals surface area contributed by atoms with Crippen LogP contribution in [0.25, 0.3) is 0 Å². The van der Waals surface area contributed by atoms with E-state index in [1.165, 1.54) is 25.3 Å². The van der Waals surface area contributed by atoms with Gasteiger partial charge in [0.25, 0.3) is 0 Å². The molecule has 1 aromatic rings. The van der Waals surface area contributed by atoms with E-state index >= 15 is 0 Å². The Morgan fingerprint density at radius 2 is 2.47 bits per heavy atom. The third-order valence-corrected chi connectivity index (χ3v) is 2.24. The summed E-state index contributed by atoms with van der Waals surface area (Å²) in [5.41, 5.74) is 1.28. The molecular weight excluding hydrogens is 225 g/mol. The number of ether oxygens (including phenoxy) is 2. The minimum atomic E-state index is -0.353. The zero-order valence-electron chi connectivity index (χ0n) is 9.33. The van der Waals surface area contributed by atoms with Crippen molar-refractivity contribution in [3.8, 4) is 5.75 Å². The van der Waals surface area contributed by atoms with E-state index in [4.69, 9.17) is 9.47 Å². The van der Waals surface area contributed by atoms with E-state index in [0.717, 1.165) is 0 Å². The smallest absolute Gasteiger partial charge is 0.183 e. The zero-order valence-corrected chi connectivity index (χ0v) is 9.33. The molecule has 0 amide bonds. The highest BCUT2D eigenvalue weighted by Gasteiger charge is 2.14. The summed E-state index contributed by atoms with van der Waals surface area (Å²) in [5.74, 6) is -0.0565. The van der Waals surface area contributed by atoms with Crippen LogP contribution in [-0.4, -0.2) is 26.1 Å². The van der Waals surface area contributed by atoms with Crippen LogP contribution in [0.2, 0.25) is 0 Å². The number of methoxy groups -OCH3 is 1. The van der Waals surface area contributed by atoms with Crippen molar-refractivity contribution < 1.29 is 18.7 Å². The molecule has 17 heavy (non-hydrogen) atoms. The number of carbonyl (C=O) groups is 1. The molecule has 2 rings (SSSR count).